The van der Waals surface area contributed by atoms with E-state index in [0.29, 0.717) is 13.0 Å². The van der Waals surface area contributed by atoms with Crippen LogP contribution in [0.5, 0.6) is 0 Å². The van der Waals surface area contributed by atoms with Crippen LogP contribution >= 0.6 is 0 Å². The van der Waals surface area contributed by atoms with Crippen LogP contribution in [0, 0.1) is 0 Å². The normalized spacial score (nSPS) is 33.1. The number of carbonyl (C=O) groups excluding carboxylic acids is 2. The molecular weight excluding hydrogens is 268 g/mol. The summed E-state index contributed by atoms with van der Waals surface area (Å²) in [5, 5.41) is 2.67. The largest absolute Gasteiger partial charge is 0.370 e. The molecule has 2 aliphatic heterocycles. The molecule has 3 fully saturated rings. The lowest BCUT2D eigenvalue weighted by atomic mass is 9.83. The number of nitrogens with zero attached hydrogens (tertiary/aromatic N) is 1. The molecule has 1 spiro atoms. The Bertz CT molecular complexity index is 418. The summed E-state index contributed by atoms with van der Waals surface area (Å²) < 4.78 is 6.36. The molecule has 3 aliphatic rings. The Balaban J connectivity index is 1.60. The van der Waals surface area contributed by atoms with Crippen LogP contribution in [-0.4, -0.2) is 47.6 Å². The highest BCUT2D eigenvalue weighted by Crippen LogP contribution is 2.42. The van der Waals surface area contributed by atoms with Gasteiger partial charge in [-0.05, 0) is 32.6 Å². The Kier molecular flexibility index (Phi) is 4.20. The van der Waals surface area contributed by atoms with E-state index in [1.165, 1.54) is 32.1 Å². The number of rotatable bonds is 2. The fourth-order valence-electron chi connectivity index (χ4n) is 4.06. The van der Waals surface area contributed by atoms with Crippen LogP contribution in [0.3, 0.4) is 0 Å². The summed E-state index contributed by atoms with van der Waals surface area (Å²) in [6.07, 6.45) is 8.91. The summed E-state index contributed by atoms with van der Waals surface area (Å²) in [6.45, 7) is 2.71. The van der Waals surface area contributed by atoms with Gasteiger partial charge in [0.05, 0.1) is 18.2 Å². The summed E-state index contributed by atoms with van der Waals surface area (Å²) >= 11 is 0. The minimum atomic E-state index is -0.0356. The maximum Gasteiger partial charge on any atom is 0.242 e. The summed E-state index contributed by atoms with van der Waals surface area (Å²) in [5.41, 5.74) is 0.0924. The van der Waals surface area contributed by atoms with E-state index in [1.54, 1.807) is 0 Å². The summed E-state index contributed by atoms with van der Waals surface area (Å²) in [4.78, 5) is 25.6. The predicted molar refractivity (Wildman–Crippen MR) is 78.7 cm³/mol. The van der Waals surface area contributed by atoms with Crippen molar-refractivity contribution in [2.75, 3.05) is 13.1 Å². The lowest BCUT2D eigenvalue weighted by Crippen LogP contribution is -2.44. The van der Waals surface area contributed by atoms with Gasteiger partial charge in [0, 0.05) is 19.0 Å². The lowest BCUT2D eigenvalue weighted by Gasteiger charge is -2.35. The Hall–Kier alpha value is -1.10. The fourth-order valence-corrected chi connectivity index (χ4v) is 4.06. The highest BCUT2D eigenvalue weighted by molar-refractivity contribution is 5.87. The number of hydrogen-bond acceptors (Lipinski definition) is 3. The zero-order valence-corrected chi connectivity index (χ0v) is 12.9. The second-order valence-corrected chi connectivity index (χ2v) is 6.90. The molecule has 0 aromatic carbocycles. The first-order valence-electron chi connectivity index (χ1n) is 8.32. The van der Waals surface area contributed by atoms with Crippen molar-refractivity contribution >= 4 is 11.8 Å². The Morgan fingerprint density at radius 2 is 2.00 bits per heavy atom. The smallest absolute Gasteiger partial charge is 0.242 e. The maximum atomic E-state index is 12.2. The third-order valence-corrected chi connectivity index (χ3v) is 5.27. The summed E-state index contributed by atoms with van der Waals surface area (Å²) in [5.74, 6) is -0.0176. The van der Waals surface area contributed by atoms with Gasteiger partial charge in [0.25, 0.3) is 0 Å². The van der Waals surface area contributed by atoms with Crippen LogP contribution in [0.15, 0.2) is 0 Å². The molecule has 21 heavy (non-hydrogen) atoms. The fraction of sp³-hybridized carbons (Fsp3) is 0.875. The van der Waals surface area contributed by atoms with Gasteiger partial charge in [-0.15, -0.1) is 0 Å². The van der Waals surface area contributed by atoms with Crippen LogP contribution in [-0.2, 0) is 14.3 Å². The topological polar surface area (TPSA) is 58.6 Å². The molecule has 0 aromatic rings. The van der Waals surface area contributed by atoms with Gasteiger partial charge in [0.1, 0.15) is 0 Å². The van der Waals surface area contributed by atoms with Crippen LogP contribution in [0.25, 0.3) is 0 Å². The molecule has 5 nitrogen and oxygen atoms in total. The van der Waals surface area contributed by atoms with Crippen molar-refractivity contribution in [2.24, 2.45) is 0 Å². The van der Waals surface area contributed by atoms with Gasteiger partial charge < -0.3 is 15.0 Å². The molecule has 118 valence electrons. The zero-order valence-electron chi connectivity index (χ0n) is 12.9. The van der Waals surface area contributed by atoms with E-state index < -0.39 is 0 Å². The van der Waals surface area contributed by atoms with Gasteiger partial charge in [0.15, 0.2) is 0 Å². The van der Waals surface area contributed by atoms with Crippen molar-refractivity contribution in [1.29, 1.82) is 0 Å². The van der Waals surface area contributed by atoms with Gasteiger partial charge in [-0.25, -0.2) is 0 Å². The average Bonchev–Trinajstić information content (AvgIpc) is 2.80. The van der Waals surface area contributed by atoms with Crippen LogP contribution < -0.4 is 5.32 Å². The lowest BCUT2D eigenvalue weighted by molar-refractivity contribution is -0.135. The molecule has 3 rings (SSSR count). The highest BCUT2D eigenvalue weighted by Gasteiger charge is 2.42. The molecule has 1 saturated carbocycles. The number of ether oxygens (including phenoxy) is 1. The monoisotopic (exact) mass is 294 g/mol. The molecule has 2 unspecified atom stereocenters. The van der Waals surface area contributed by atoms with Crippen molar-refractivity contribution in [3.8, 4) is 0 Å². The number of hydrogen-bond donors (Lipinski definition) is 1. The molecule has 5 heteroatoms. The molecule has 1 aliphatic carbocycles. The minimum absolute atomic E-state index is 0.0153. The Morgan fingerprint density at radius 3 is 2.76 bits per heavy atom. The van der Waals surface area contributed by atoms with Crippen molar-refractivity contribution < 1.29 is 14.3 Å². The second-order valence-electron chi connectivity index (χ2n) is 6.90. The van der Waals surface area contributed by atoms with Crippen LogP contribution in [0.1, 0.15) is 58.3 Å². The average molecular weight is 294 g/mol. The van der Waals surface area contributed by atoms with Gasteiger partial charge in [0.2, 0.25) is 11.8 Å². The predicted octanol–water partition coefficient (Wildman–Crippen LogP) is 1.61. The van der Waals surface area contributed by atoms with E-state index in [0.717, 1.165) is 12.8 Å². The first-order valence-corrected chi connectivity index (χ1v) is 8.32. The van der Waals surface area contributed by atoms with E-state index in [9.17, 15) is 9.59 Å². The van der Waals surface area contributed by atoms with E-state index in [-0.39, 0.29) is 36.1 Å². The van der Waals surface area contributed by atoms with Crippen LogP contribution in [0.2, 0.25) is 0 Å². The van der Waals surface area contributed by atoms with Crippen LogP contribution in [0.4, 0.5) is 0 Å². The third kappa shape index (κ3) is 3.23. The van der Waals surface area contributed by atoms with E-state index in [4.69, 9.17) is 4.74 Å². The molecule has 2 heterocycles. The molecular formula is C16H26N2O3. The van der Waals surface area contributed by atoms with E-state index in [1.807, 2.05) is 11.8 Å². The third-order valence-electron chi connectivity index (χ3n) is 5.27. The molecule has 2 atom stereocenters. The highest BCUT2D eigenvalue weighted by atomic mass is 16.5. The molecule has 0 aromatic heterocycles. The van der Waals surface area contributed by atoms with Gasteiger partial charge in [-0.1, -0.05) is 19.3 Å². The number of amides is 2. The Labute approximate surface area is 126 Å². The summed E-state index contributed by atoms with van der Waals surface area (Å²) in [6, 6.07) is -0.0356. The standard InChI is InChI=1S/C16H26N2O3/c1-12-9-14(19)17-10-15(20)18(12)11-13-5-8-16(21-13)6-3-2-4-7-16/h12-13H,2-11H2,1H3,(H,17,19). The number of carbonyl (C=O) groups is 2. The van der Waals surface area contributed by atoms with Gasteiger partial charge in [-0.2, -0.15) is 0 Å². The van der Waals surface area contributed by atoms with E-state index in [2.05, 4.69) is 5.32 Å². The quantitative estimate of drug-likeness (QED) is 0.841. The van der Waals surface area contributed by atoms with Crippen molar-refractivity contribution in [2.45, 2.75) is 76.0 Å². The molecule has 2 amide bonds. The SMILES string of the molecule is CC1CC(=O)NCC(=O)N1CC1CCC2(CCCCC2)O1. The maximum absolute atomic E-state index is 12.2. The zero-order chi connectivity index (χ0) is 14.9. The first kappa shape index (κ1) is 14.8. The minimum Gasteiger partial charge on any atom is -0.370 e. The van der Waals surface area contributed by atoms with Crippen molar-refractivity contribution in [3.63, 3.8) is 0 Å². The molecule has 1 N–H and O–H groups in total. The first-order chi connectivity index (χ1) is 10.1. The number of nitrogens with one attached hydrogen (secondary N) is 1. The van der Waals surface area contributed by atoms with Crippen molar-refractivity contribution in [3.05, 3.63) is 0 Å². The van der Waals surface area contributed by atoms with Gasteiger partial charge in [-0.3, -0.25) is 9.59 Å². The Morgan fingerprint density at radius 1 is 1.24 bits per heavy atom. The second kappa shape index (κ2) is 5.95. The van der Waals surface area contributed by atoms with Gasteiger partial charge >= 0.3 is 0 Å². The van der Waals surface area contributed by atoms with E-state index >= 15 is 0 Å². The molecule has 2 saturated heterocycles. The molecule has 0 radical (unpaired) electrons. The van der Waals surface area contributed by atoms with Crippen molar-refractivity contribution in [1.82, 2.24) is 10.2 Å². The summed E-state index contributed by atoms with van der Waals surface area (Å²) in [7, 11) is 0. The molecule has 0 bridgehead atoms.